The number of nitrogens with one attached hydrogen (secondary N) is 1. The van der Waals surface area contributed by atoms with Crippen molar-refractivity contribution in [2.45, 2.75) is 37.9 Å². The number of piperazine rings is 1. The highest BCUT2D eigenvalue weighted by Crippen LogP contribution is 2.32. The van der Waals surface area contributed by atoms with Crippen molar-refractivity contribution in [2.75, 3.05) is 38.6 Å². The summed E-state index contributed by atoms with van der Waals surface area (Å²) in [6.45, 7) is 1.88. The van der Waals surface area contributed by atoms with E-state index < -0.39 is 11.7 Å². The number of amides is 2. The molecule has 1 atom stereocenters. The molecule has 1 N–H and O–H groups in total. The molecule has 0 spiro atoms. The molecule has 1 aliphatic heterocycles. The summed E-state index contributed by atoms with van der Waals surface area (Å²) in [6.07, 6.45) is -0.268. The predicted molar refractivity (Wildman–Crippen MR) is 126 cm³/mol. The van der Waals surface area contributed by atoms with Gasteiger partial charge in [-0.1, -0.05) is 18.9 Å². The van der Waals surface area contributed by atoms with Crippen LogP contribution in [0.15, 0.2) is 48.5 Å². The molecule has 1 unspecified atom stereocenters. The van der Waals surface area contributed by atoms with Gasteiger partial charge < -0.3 is 15.0 Å². The Morgan fingerprint density at radius 3 is 2.26 bits per heavy atom. The Morgan fingerprint density at radius 2 is 1.66 bits per heavy atom. The molecule has 2 fully saturated rings. The number of nitrogens with zero attached hydrogens (tertiary/aromatic N) is 2. The Kier molecular flexibility index (Phi) is 7.64. The molecule has 2 aliphatic rings. The summed E-state index contributed by atoms with van der Waals surface area (Å²) < 4.78 is 43.7. The number of anilines is 1. The highest BCUT2D eigenvalue weighted by atomic mass is 19.4. The molecule has 2 aromatic rings. The fourth-order valence-corrected chi connectivity index (χ4v) is 5.06. The third-order valence-corrected chi connectivity index (χ3v) is 6.91. The van der Waals surface area contributed by atoms with Crippen LogP contribution in [0.4, 0.5) is 18.9 Å². The monoisotopic (exact) mass is 489 g/mol. The average Bonchev–Trinajstić information content (AvgIpc) is 3.38. The standard InChI is InChI=1S/C26H30F3N3O3/c1-35-22-8-4-7-21(17-22)30-24(33)23(18-5-2-3-6-18)31-13-15-32(16-14-31)25(34)19-9-11-20(12-10-19)26(27,28)29/h4,7-12,17-18,23H,2-3,5-6,13-16H2,1H3,(H,30,33). The predicted octanol–water partition coefficient (Wildman–Crippen LogP) is 4.67. The number of hydrogen-bond acceptors (Lipinski definition) is 4. The van der Waals surface area contributed by atoms with Crippen LogP contribution in [0.3, 0.4) is 0 Å². The van der Waals surface area contributed by atoms with Crippen LogP contribution in [0, 0.1) is 5.92 Å². The van der Waals surface area contributed by atoms with E-state index in [2.05, 4.69) is 10.2 Å². The van der Waals surface area contributed by atoms with Gasteiger partial charge in [-0.3, -0.25) is 14.5 Å². The number of carbonyl (C=O) groups is 2. The van der Waals surface area contributed by atoms with Gasteiger partial charge in [0.05, 0.1) is 18.7 Å². The molecular weight excluding hydrogens is 459 g/mol. The minimum atomic E-state index is -4.44. The van der Waals surface area contributed by atoms with Gasteiger partial charge in [0, 0.05) is 43.5 Å². The lowest BCUT2D eigenvalue weighted by atomic mass is 9.94. The van der Waals surface area contributed by atoms with Gasteiger partial charge in [0.15, 0.2) is 0 Å². The van der Waals surface area contributed by atoms with Crippen LogP contribution in [-0.2, 0) is 11.0 Å². The van der Waals surface area contributed by atoms with Gasteiger partial charge in [-0.05, 0) is 55.2 Å². The van der Waals surface area contributed by atoms with Crippen molar-refractivity contribution in [2.24, 2.45) is 5.92 Å². The van der Waals surface area contributed by atoms with Crippen molar-refractivity contribution in [1.82, 2.24) is 9.80 Å². The minimum absolute atomic E-state index is 0.0623. The van der Waals surface area contributed by atoms with Crippen LogP contribution in [0.5, 0.6) is 5.75 Å². The maximum Gasteiger partial charge on any atom is 0.416 e. The molecule has 35 heavy (non-hydrogen) atoms. The van der Waals surface area contributed by atoms with E-state index in [0.717, 1.165) is 37.8 Å². The lowest BCUT2D eigenvalue weighted by molar-refractivity contribution is -0.137. The first-order chi connectivity index (χ1) is 16.8. The second kappa shape index (κ2) is 10.7. The summed E-state index contributed by atoms with van der Waals surface area (Å²) in [5.41, 5.74) is 0.128. The van der Waals surface area contributed by atoms with E-state index in [1.807, 2.05) is 18.2 Å². The van der Waals surface area contributed by atoms with Gasteiger partial charge in [0.2, 0.25) is 5.91 Å². The molecule has 6 nitrogen and oxygen atoms in total. The Hall–Kier alpha value is -3.07. The van der Waals surface area contributed by atoms with Gasteiger partial charge in [-0.2, -0.15) is 13.2 Å². The van der Waals surface area contributed by atoms with Crippen LogP contribution >= 0.6 is 0 Å². The van der Waals surface area contributed by atoms with E-state index in [1.54, 1.807) is 18.1 Å². The zero-order chi connectivity index (χ0) is 25.0. The van der Waals surface area contributed by atoms with Crippen molar-refractivity contribution in [3.8, 4) is 5.75 Å². The molecule has 1 aliphatic carbocycles. The molecule has 1 saturated heterocycles. The number of rotatable bonds is 6. The third-order valence-electron chi connectivity index (χ3n) is 6.91. The number of benzene rings is 2. The van der Waals surface area contributed by atoms with Crippen molar-refractivity contribution in [3.63, 3.8) is 0 Å². The van der Waals surface area contributed by atoms with Gasteiger partial charge in [-0.15, -0.1) is 0 Å². The first kappa shape index (κ1) is 25.0. The van der Waals surface area contributed by atoms with E-state index >= 15 is 0 Å². The van der Waals surface area contributed by atoms with Gasteiger partial charge in [0.1, 0.15) is 5.75 Å². The Bertz CT molecular complexity index is 1030. The van der Waals surface area contributed by atoms with E-state index in [0.29, 0.717) is 37.6 Å². The smallest absolute Gasteiger partial charge is 0.416 e. The fourth-order valence-electron chi connectivity index (χ4n) is 5.06. The van der Waals surface area contributed by atoms with Crippen molar-refractivity contribution >= 4 is 17.5 Å². The summed E-state index contributed by atoms with van der Waals surface area (Å²) in [5, 5.41) is 3.04. The number of carbonyl (C=O) groups excluding carboxylic acids is 2. The number of halogens is 3. The second-order valence-corrected chi connectivity index (χ2v) is 9.11. The maximum absolute atomic E-state index is 13.4. The Morgan fingerprint density at radius 1 is 1.00 bits per heavy atom. The van der Waals surface area contributed by atoms with Gasteiger partial charge in [-0.25, -0.2) is 0 Å². The van der Waals surface area contributed by atoms with Crippen LogP contribution in [0.2, 0.25) is 0 Å². The summed E-state index contributed by atoms with van der Waals surface area (Å²) in [4.78, 5) is 30.0. The number of hydrogen-bond donors (Lipinski definition) is 1. The van der Waals surface area contributed by atoms with Gasteiger partial charge in [0.25, 0.3) is 5.91 Å². The van der Waals surface area contributed by atoms with Crippen LogP contribution in [0.25, 0.3) is 0 Å². The zero-order valence-electron chi connectivity index (χ0n) is 19.7. The first-order valence-corrected chi connectivity index (χ1v) is 11.9. The lowest BCUT2D eigenvalue weighted by Gasteiger charge is -2.40. The topological polar surface area (TPSA) is 61.9 Å². The second-order valence-electron chi connectivity index (χ2n) is 9.11. The molecule has 9 heteroatoms. The Balaban J connectivity index is 1.41. The SMILES string of the molecule is COc1cccc(NC(=O)C(C2CCCC2)N2CCN(C(=O)c3ccc(C(F)(F)F)cc3)CC2)c1. The molecule has 4 rings (SSSR count). The zero-order valence-corrected chi connectivity index (χ0v) is 19.7. The van der Waals surface area contributed by atoms with E-state index in [4.69, 9.17) is 4.74 Å². The van der Waals surface area contributed by atoms with Crippen molar-refractivity contribution in [3.05, 3.63) is 59.7 Å². The summed E-state index contributed by atoms with van der Waals surface area (Å²) in [7, 11) is 1.58. The maximum atomic E-state index is 13.4. The van der Waals surface area contributed by atoms with Crippen LogP contribution in [0.1, 0.15) is 41.6 Å². The molecule has 1 heterocycles. The molecular formula is C26H30F3N3O3. The summed E-state index contributed by atoms with van der Waals surface area (Å²) in [6, 6.07) is 11.3. The molecule has 188 valence electrons. The van der Waals surface area contributed by atoms with Crippen LogP contribution in [-0.4, -0.2) is 60.9 Å². The van der Waals surface area contributed by atoms with Gasteiger partial charge >= 0.3 is 6.18 Å². The lowest BCUT2D eigenvalue weighted by Crippen LogP contribution is -2.56. The molecule has 2 amide bonds. The summed E-state index contributed by atoms with van der Waals surface area (Å²) >= 11 is 0. The van der Waals surface area contributed by atoms with E-state index in [9.17, 15) is 22.8 Å². The Labute approximate surface area is 203 Å². The normalized spacial score (nSPS) is 18.3. The number of alkyl halides is 3. The first-order valence-electron chi connectivity index (χ1n) is 11.9. The highest BCUT2D eigenvalue weighted by Gasteiger charge is 2.37. The molecule has 0 bridgehead atoms. The molecule has 2 aromatic carbocycles. The highest BCUT2D eigenvalue weighted by molar-refractivity contribution is 5.96. The van der Waals surface area contributed by atoms with Crippen molar-refractivity contribution < 1.29 is 27.5 Å². The minimum Gasteiger partial charge on any atom is -0.497 e. The summed E-state index contributed by atoms with van der Waals surface area (Å²) in [5.74, 6) is 0.553. The number of ether oxygens (including phenoxy) is 1. The molecule has 0 radical (unpaired) electrons. The average molecular weight is 490 g/mol. The van der Waals surface area contributed by atoms with E-state index in [1.165, 1.54) is 12.1 Å². The molecule has 0 aromatic heterocycles. The molecule has 1 saturated carbocycles. The quantitative estimate of drug-likeness (QED) is 0.641. The van der Waals surface area contributed by atoms with Crippen LogP contribution < -0.4 is 10.1 Å². The van der Waals surface area contributed by atoms with Crippen molar-refractivity contribution in [1.29, 1.82) is 0 Å². The number of methoxy groups -OCH3 is 1. The third kappa shape index (κ3) is 5.96. The fraction of sp³-hybridized carbons (Fsp3) is 0.462. The largest absolute Gasteiger partial charge is 0.497 e. The van der Waals surface area contributed by atoms with E-state index in [-0.39, 0.29) is 29.3 Å².